The number of hydrogen-bond donors (Lipinski definition) is 0. The van der Waals surface area contributed by atoms with E-state index in [0.29, 0.717) is 0 Å². The first-order valence-corrected chi connectivity index (χ1v) is 5.06. The molecule has 2 aromatic carbocycles. The topological polar surface area (TPSA) is 17.1 Å². The summed E-state index contributed by atoms with van der Waals surface area (Å²) in [5.74, 6) is 0. The van der Waals surface area contributed by atoms with E-state index in [0.717, 1.165) is 23.8 Å². The molecule has 0 amide bonds. The Morgan fingerprint density at radius 1 is 1.13 bits per heavy atom. The van der Waals surface area contributed by atoms with Crippen LogP contribution in [0, 0.1) is 0 Å². The highest BCUT2D eigenvalue weighted by molar-refractivity contribution is 6.01. The van der Waals surface area contributed by atoms with Crippen molar-refractivity contribution < 1.29 is 4.79 Å². The minimum absolute atomic E-state index is 0.783. The SMILES string of the molecule is O=Cc1ccc2cccc3c2c1C=CC3. The number of benzene rings is 2. The van der Waals surface area contributed by atoms with Crippen molar-refractivity contribution in [1.29, 1.82) is 0 Å². The molecule has 0 saturated carbocycles. The molecule has 0 aromatic heterocycles. The monoisotopic (exact) mass is 194 g/mol. The van der Waals surface area contributed by atoms with Gasteiger partial charge in [-0.05, 0) is 28.3 Å². The van der Waals surface area contributed by atoms with Crippen LogP contribution in [0.2, 0.25) is 0 Å². The van der Waals surface area contributed by atoms with Crippen LogP contribution >= 0.6 is 0 Å². The van der Waals surface area contributed by atoms with E-state index in [1.165, 1.54) is 16.3 Å². The average Bonchev–Trinajstić information content (AvgIpc) is 2.30. The predicted molar refractivity (Wildman–Crippen MR) is 62.1 cm³/mol. The van der Waals surface area contributed by atoms with Gasteiger partial charge in [0.2, 0.25) is 0 Å². The fourth-order valence-corrected chi connectivity index (χ4v) is 2.26. The van der Waals surface area contributed by atoms with Crippen molar-refractivity contribution >= 4 is 23.1 Å². The van der Waals surface area contributed by atoms with E-state index < -0.39 is 0 Å². The molecule has 0 unspecified atom stereocenters. The van der Waals surface area contributed by atoms with Gasteiger partial charge >= 0.3 is 0 Å². The summed E-state index contributed by atoms with van der Waals surface area (Å²) in [6, 6.07) is 10.2. The largest absolute Gasteiger partial charge is 0.298 e. The van der Waals surface area contributed by atoms with Crippen molar-refractivity contribution in [1.82, 2.24) is 0 Å². The molecule has 0 fully saturated rings. The van der Waals surface area contributed by atoms with E-state index in [2.05, 4.69) is 30.4 Å². The first-order chi connectivity index (χ1) is 7.40. The van der Waals surface area contributed by atoms with Crippen molar-refractivity contribution in [2.45, 2.75) is 6.42 Å². The standard InChI is InChI=1S/C14H10O/c15-9-12-8-7-11-4-1-3-10-5-2-6-13(12)14(10)11/h1-4,6-9H,5H2. The number of carbonyl (C=O) groups is 1. The summed E-state index contributed by atoms with van der Waals surface area (Å²) < 4.78 is 0. The molecule has 0 spiro atoms. The van der Waals surface area contributed by atoms with Gasteiger partial charge in [-0.1, -0.05) is 42.5 Å². The predicted octanol–water partition coefficient (Wildman–Crippen LogP) is 3.22. The normalized spacial score (nSPS) is 13.1. The van der Waals surface area contributed by atoms with Crippen LogP contribution < -0.4 is 0 Å². The lowest BCUT2D eigenvalue weighted by Gasteiger charge is -2.13. The molecular weight excluding hydrogens is 184 g/mol. The van der Waals surface area contributed by atoms with E-state index in [-0.39, 0.29) is 0 Å². The average molecular weight is 194 g/mol. The molecule has 0 N–H and O–H groups in total. The summed E-state index contributed by atoms with van der Waals surface area (Å²) in [5.41, 5.74) is 3.17. The van der Waals surface area contributed by atoms with Gasteiger partial charge in [0.25, 0.3) is 0 Å². The molecule has 0 saturated heterocycles. The Morgan fingerprint density at radius 3 is 2.93 bits per heavy atom. The van der Waals surface area contributed by atoms with E-state index in [1.54, 1.807) is 0 Å². The molecule has 3 rings (SSSR count). The number of carbonyl (C=O) groups excluding carboxylic acids is 1. The van der Waals surface area contributed by atoms with Crippen LogP contribution in [0.15, 0.2) is 36.4 Å². The molecule has 1 aliphatic carbocycles. The van der Waals surface area contributed by atoms with Crippen molar-refractivity contribution in [3.05, 3.63) is 53.1 Å². The smallest absolute Gasteiger partial charge is 0.150 e. The third-order valence-corrected chi connectivity index (χ3v) is 2.96. The number of allylic oxidation sites excluding steroid dienone is 1. The fraction of sp³-hybridized carbons (Fsp3) is 0.0714. The Morgan fingerprint density at radius 2 is 2.07 bits per heavy atom. The van der Waals surface area contributed by atoms with Gasteiger partial charge in [0.1, 0.15) is 0 Å². The van der Waals surface area contributed by atoms with Gasteiger partial charge in [-0.25, -0.2) is 0 Å². The maximum atomic E-state index is 10.9. The maximum Gasteiger partial charge on any atom is 0.150 e. The Bertz CT molecular complexity index is 579. The van der Waals surface area contributed by atoms with E-state index in [1.807, 2.05) is 12.1 Å². The van der Waals surface area contributed by atoms with E-state index in [4.69, 9.17) is 0 Å². The van der Waals surface area contributed by atoms with Gasteiger partial charge in [0, 0.05) is 5.56 Å². The molecule has 0 atom stereocenters. The summed E-state index contributed by atoms with van der Waals surface area (Å²) in [6.45, 7) is 0. The lowest BCUT2D eigenvalue weighted by atomic mass is 9.90. The van der Waals surface area contributed by atoms with Gasteiger partial charge < -0.3 is 0 Å². The Hall–Kier alpha value is -1.89. The first kappa shape index (κ1) is 8.42. The minimum atomic E-state index is 0.783. The summed E-state index contributed by atoms with van der Waals surface area (Å²) in [5, 5.41) is 2.46. The zero-order chi connectivity index (χ0) is 10.3. The molecule has 1 aliphatic rings. The van der Waals surface area contributed by atoms with Crippen molar-refractivity contribution in [2.24, 2.45) is 0 Å². The van der Waals surface area contributed by atoms with Crippen LogP contribution in [0.4, 0.5) is 0 Å². The van der Waals surface area contributed by atoms with Crippen LogP contribution in [-0.2, 0) is 6.42 Å². The zero-order valence-corrected chi connectivity index (χ0v) is 8.23. The highest BCUT2D eigenvalue weighted by Gasteiger charge is 2.10. The molecule has 0 radical (unpaired) electrons. The van der Waals surface area contributed by atoms with Gasteiger partial charge in [-0.2, -0.15) is 0 Å². The molecule has 2 aromatic rings. The third-order valence-electron chi connectivity index (χ3n) is 2.96. The second-order valence-corrected chi connectivity index (χ2v) is 3.81. The molecule has 1 heteroatoms. The lowest BCUT2D eigenvalue weighted by molar-refractivity contribution is 0.112. The Balaban J connectivity index is 2.53. The molecule has 72 valence electrons. The third kappa shape index (κ3) is 1.13. The summed E-state index contributed by atoms with van der Waals surface area (Å²) in [7, 11) is 0. The Labute approximate surface area is 88.0 Å². The van der Waals surface area contributed by atoms with Crippen LogP contribution in [0.25, 0.3) is 16.8 Å². The second-order valence-electron chi connectivity index (χ2n) is 3.81. The maximum absolute atomic E-state index is 10.9. The molecular formula is C14H10O. The van der Waals surface area contributed by atoms with E-state index >= 15 is 0 Å². The highest BCUT2D eigenvalue weighted by atomic mass is 16.1. The van der Waals surface area contributed by atoms with Crippen molar-refractivity contribution in [3.63, 3.8) is 0 Å². The number of aldehydes is 1. The van der Waals surface area contributed by atoms with Gasteiger partial charge in [0.05, 0.1) is 0 Å². The molecule has 0 bridgehead atoms. The van der Waals surface area contributed by atoms with Crippen LogP contribution in [-0.4, -0.2) is 6.29 Å². The summed E-state index contributed by atoms with van der Waals surface area (Å²) in [6.07, 6.45) is 6.07. The van der Waals surface area contributed by atoms with Crippen LogP contribution in [0.3, 0.4) is 0 Å². The van der Waals surface area contributed by atoms with Gasteiger partial charge in [-0.15, -0.1) is 0 Å². The summed E-state index contributed by atoms with van der Waals surface area (Å²) >= 11 is 0. The molecule has 0 aliphatic heterocycles. The summed E-state index contributed by atoms with van der Waals surface area (Å²) in [4.78, 5) is 10.9. The molecule has 0 heterocycles. The fourth-order valence-electron chi connectivity index (χ4n) is 2.26. The molecule has 1 nitrogen and oxygen atoms in total. The van der Waals surface area contributed by atoms with Crippen LogP contribution in [0.1, 0.15) is 21.5 Å². The van der Waals surface area contributed by atoms with Crippen molar-refractivity contribution in [2.75, 3.05) is 0 Å². The highest BCUT2D eigenvalue weighted by Crippen LogP contribution is 2.30. The molecule has 15 heavy (non-hydrogen) atoms. The second kappa shape index (κ2) is 3.06. The van der Waals surface area contributed by atoms with Gasteiger partial charge in [0.15, 0.2) is 6.29 Å². The van der Waals surface area contributed by atoms with E-state index in [9.17, 15) is 4.79 Å². The quantitative estimate of drug-likeness (QED) is 0.637. The number of hydrogen-bond acceptors (Lipinski definition) is 1. The number of rotatable bonds is 1. The van der Waals surface area contributed by atoms with Gasteiger partial charge in [-0.3, -0.25) is 4.79 Å². The lowest BCUT2D eigenvalue weighted by Crippen LogP contribution is -1.96. The Kier molecular flexibility index (Phi) is 1.72. The van der Waals surface area contributed by atoms with Crippen LogP contribution in [0.5, 0.6) is 0 Å². The minimum Gasteiger partial charge on any atom is -0.298 e. The van der Waals surface area contributed by atoms with Crippen molar-refractivity contribution in [3.8, 4) is 0 Å². The first-order valence-electron chi connectivity index (χ1n) is 5.06. The zero-order valence-electron chi connectivity index (χ0n) is 8.23.